The average Bonchev–Trinajstić information content (AvgIpc) is 2.45. The van der Waals surface area contributed by atoms with Crippen molar-refractivity contribution in [1.82, 2.24) is 10.2 Å². The summed E-state index contributed by atoms with van der Waals surface area (Å²) < 4.78 is 38.0. The highest BCUT2D eigenvalue weighted by Gasteiger charge is 2.54. The Labute approximate surface area is 122 Å². The second kappa shape index (κ2) is 6.25. The van der Waals surface area contributed by atoms with Gasteiger partial charge in [-0.15, -0.1) is 0 Å². The molecule has 1 atom stereocenters. The molecule has 0 bridgehead atoms. The number of likely N-dealkylation sites (tertiary alicyclic amines) is 1. The summed E-state index contributed by atoms with van der Waals surface area (Å²) in [6.45, 7) is 0.391. The fourth-order valence-corrected chi connectivity index (χ4v) is 2.75. The number of nitrogens with zero attached hydrogens (tertiary/aromatic N) is 1. The molecule has 7 heteroatoms. The second-order valence-corrected chi connectivity index (χ2v) is 5.85. The Kier molecular flexibility index (Phi) is 4.81. The molecule has 2 amide bonds. The van der Waals surface area contributed by atoms with Crippen LogP contribution in [0.2, 0.25) is 0 Å². The minimum absolute atomic E-state index is 0.0770. The lowest BCUT2D eigenvalue weighted by Crippen LogP contribution is -2.56. The molecular formula is C14H21F3N2O2. The lowest BCUT2D eigenvalue weighted by molar-refractivity contribution is -0.271. The maximum atomic E-state index is 12.7. The average molecular weight is 306 g/mol. The highest BCUT2D eigenvalue weighted by Crippen LogP contribution is 2.38. The molecule has 0 aromatic rings. The smallest absolute Gasteiger partial charge is 0.380 e. The van der Waals surface area contributed by atoms with E-state index in [0.29, 0.717) is 12.5 Å². The van der Waals surface area contributed by atoms with Gasteiger partial charge in [0, 0.05) is 32.5 Å². The molecule has 0 aromatic heterocycles. The van der Waals surface area contributed by atoms with Crippen LogP contribution < -0.4 is 5.32 Å². The molecule has 21 heavy (non-hydrogen) atoms. The molecule has 0 radical (unpaired) electrons. The van der Waals surface area contributed by atoms with Crippen molar-refractivity contribution in [3.05, 3.63) is 12.2 Å². The van der Waals surface area contributed by atoms with Gasteiger partial charge >= 0.3 is 12.2 Å². The molecule has 2 N–H and O–H groups in total. The first-order chi connectivity index (χ1) is 9.82. The van der Waals surface area contributed by atoms with Crippen molar-refractivity contribution < 1.29 is 23.1 Å². The summed E-state index contributed by atoms with van der Waals surface area (Å²) >= 11 is 0. The van der Waals surface area contributed by atoms with E-state index in [1.807, 2.05) is 0 Å². The van der Waals surface area contributed by atoms with Crippen LogP contribution in [0.4, 0.5) is 18.0 Å². The van der Waals surface area contributed by atoms with E-state index in [-0.39, 0.29) is 19.1 Å². The van der Waals surface area contributed by atoms with E-state index in [9.17, 15) is 23.1 Å². The molecular weight excluding hydrogens is 285 g/mol. The summed E-state index contributed by atoms with van der Waals surface area (Å²) in [5, 5.41) is 12.3. The van der Waals surface area contributed by atoms with Gasteiger partial charge in [0.2, 0.25) is 0 Å². The number of urea groups is 1. The van der Waals surface area contributed by atoms with Gasteiger partial charge in [-0.1, -0.05) is 12.2 Å². The Bertz CT molecular complexity index is 402. The minimum Gasteiger partial charge on any atom is -0.380 e. The van der Waals surface area contributed by atoms with E-state index in [0.717, 1.165) is 19.3 Å². The molecule has 4 nitrogen and oxygen atoms in total. The summed E-state index contributed by atoms with van der Waals surface area (Å²) in [5.74, 6) is 0.399. The maximum absolute atomic E-state index is 12.7. The number of hydrogen-bond acceptors (Lipinski definition) is 2. The van der Waals surface area contributed by atoms with E-state index < -0.39 is 24.6 Å². The molecule has 1 saturated heterocycles. The number of carbonyl (C=O) groups excluding carboxylic acids is 1. The molecule has 1 aliphatic heterocycles. The topological polar surface area (TPSA) is 52.6 Å². The largest absolute Gasteiger partial charge is 0.417 e. The normalized spacial score (nSPS) is 25.7. The number of piperidine rings is 1. The number of amides is 2. The van der Waals surface area contributed by atoms with Gasteiger partial charge in [0.15, 0.2) is 5.60 Å². The monoisotopic (exact) mass is 306 g/mol. The fourth-order valence-electron chi connectivity index (χ4n) is 2.75. The Hall–Kier alpha value is -1.24. The van der Waals surface area contributed by atoms with Crippen LogP contribution in [0.5, 0.6) is 0 Å². The third-order valence-corrected chi connectivity index (χ3v) is 4.33. The summed E-state index contributed by atoms with van der Waals surface area (Å²) in [6, 6.07) is -0.339. The number of aliphatic hydroxyl groups is 1. The van der Waals surface area contributed by atoms with Crippen molar-refractivity contribution in [3.63, 3.8) is 0 Å². The molecule has 1 heterocycles. The number of nitrogens with one attached hydrogen (secondary N) is 1. The van der Waals surface area contributed by atoms with Crippen LogP contribution in [-0.2, 0) is 0 Å². The van der Waals surface area contributed by atoms with Crippen LogP contribution >= 0.6 is 0 Å². The summed E-state index contributed by atoms with van der Waals surface area (Å²) in [7, 11) is 0. The SMILES string of the molecule is O=C(NC[C@@H]1CC=CCC1)N1CCC(O)(C(F)(F)F)CC1. The Morgan fingerprint density at radius 3 is 2.52 bits per heavy atom. The molecule has 120 valence electrons. The zero-order valence-electron chi connectivity index (χ0n) is 11.8. The molecule has 1 fully saturated rings. The predicted molar refractivity (Wildman–Crippen MR) is 71.7 cm³/mol. The van der Waals surface area contributed by atoms with Crippen molar-refractivity contribution >= 4 is 6.03 Å². The number of carbonyl (C=O) groups is 1. The molecule has 0 spiro atoms. The predicted octanol–water partition coefficient (Wildman–Crippen LogP) is 2.44. The van der Waals surface area contributed by atoms with Crippen molar-refractivity contribution in [2.24, 2.45) is 5.92 Å². The standard InChI is InChI=1S/C14H21F3N2O2/c15-14(16,17)13(21)6-8-19(9-7-13)12(20)18-10-11-4-2-1-3-5-11/h1-2,11,21H,3-10H2,(H,18,20)/t11-/m1/s1. The van der Waals surface area contributed by atoms with Gasteiger partial charge in [-0.2, -0.15) is 13.2 Å². The molecule has 0 saturated carbocycles. The van der Waals surface area contributed by atoms with Gasteiger partial charge in [-0.25, -0.2) is 4.79 Å². The Morgan fingerprint density at radius 2 is 2.00 bits per heavy atom. The quantitative estimate of drug-likeness (QED) is 0.770. The first-order valence-corrected chi connectivity index (χ1v) is 7.29. The third-order valence-electron chi connectivity index (χ3n) is 4.33. The molecule has 1 aliphatic carbocycles. The maximum Gasteiger partial charge on any atom is 0.417 e. The zero-order chi connectivity index (χ0) is 15.5. The summed E-state index contributed by atoms with van der Waals surface area (Å²) in [5.41, 5.74) is -2.65. The van der Waals surface area contributed by atoms with Crippen LogP contribution in [0, 0.1) is 5.92 Å². The number of rotatable bonds is 2. The highest BCUT2D eigenvalue weighted by atomic mass is 19.4. The van der Waals surface area contributed by atoms with Crippen LogP contribution in [0.1, 0.15) is 32.1 Å². The van der Waals surface area contributed by atoms with E-state index >= 15 is 0 Å². The van der Waals surface area contributed by atoms with Crippen LogP contribution in [0.15, 0.2) is 12.2 Å². The third kappa shape index (κ3) is 3.90. The second-order valence-electron chi connectivity index (χ2n) is 5.85. The van der Waals surface area contributed by atoms with Crippen molar-refractivity contribution in [1.29, 1.82) is 0 Å². The molecule has 0 unspecified atom stereocenters. The zero-order valence-corrected chi connectivity index (χ0v) is 11.8. The number of allylic oxidation sites excluding steroid dienone is 2. The summed E-state index contributed by atoms with van der Waals surface area (Å²) in [4.78, 5) is 13.3. The molecule has 2 rings (SSSR count). The van der Waals surface area contributed by atoms with Crippen molar-refractivity contribution in [2.45, 2.75) is 43.9 Å². The van der Waals surface area contributed by atoms with E-state index in [1.165, 1.54) is 4.90 Å². The number of halogens is 3. The van der Waals surface area contributed by atoms with Gasteiger partial charge in [0.25, 0.3) is 0 Å². The number of hydrogen-bond donors (Lipinski definition) is 2. The van der Waals surface area contributed by atoms with E-state index in [1.54, 1.807) is 0 Å². The first kappa shape index (κ1) is 16.1. The van der Waals surface area contributed by atoms with Gasteiger partial charge in [-0.05, 0) is 25.2 Å². The Balaban J connectivity index is 1.76. The van der Waals surface area contributed by atoms with Gasteiger partial charge in [0.1, 0.15) is 0 Å². The van der Waals surface area contributed by atoms with Gasteiger partial charge in [-0.3, -0.25) is 0 Å². The fraction of sp³-hybridized carbons (Fsp3) is 0.786. The van der Waals surface area contributed by atoms with Gasteiger partial charge in [0.05, 0.1) is 0 Å². The van der Waals surface area contributed by atoms with E-state index in [4.69, 9.17) is 0 Å². The minimum atomic E-state index is -4.63. The first-order valence-electron chi connectivity index (χ1n) is 7.29. The van der Waals surface area contributed by atoms with Gasteiger partial charge < -0.3 is 15.3 Å². The van der Waals surface area contributed by atoms with Crippen LogP contribution in [0.25, 0.3) is 0 Å². The van der Waals surface area contributed by atoms with Crippen molar-refractivity contribution in [3.8, 4) is 0 Å². The van der Waals surface area contributed by atoms with Crippen LogP contribution in [-0.4, -0.2) is 47.4 Å². The summed E-state index contributed by atoms with van der Waals surface area (Å²) in [6.07, 6.45) is 1.59. The lowest BCUT2D eigenvalue weighted by atomic mass is 9.91. The lowest BCUT2D eigenvalue weighted by Gasteiger charge is -2.39. The van der Waals surface area contributed by atoms with E-state index in [2.05, 4.69) is 17.5 Å². The number of alkyl halides is 3. The van der Waals surface area contributed by atoms with Crippen molar-refractivity contribution in [2.75, 3.05) is 19.6 Å². The molecule has 0 aromatic carbocycles. The molecule has 2 aliphatic rings. The Morgan fingerprint density at radius 1 is 1.33 bits per heavy atom. The highest BCUT2D eigenvalue weighted by molar-refractivity contribution is 5.74. The van der Waals surface area contributed by atoms with Crippen LogP contribution in [0.3, 0.4) is 0 Å².